The standard InChI is InChI=1S/C19H27NO5/c1-11(2)12-5-7-13(8-6-12)18(21)20-15-9-14(19(22)23)10-16(24-3)17(15)25-4/h9-13H,5-8H2,1-4H3,(H,20,21)(H,22,23). The molecular formula is C19H27NO5. The normalized spacial score (nSPS) is 20.2. The zero-order chi connectivity index (χ0) is 18.6. The molecule has 1 saturated carbocycles. The zero-order valence-corrected chi connectivity index (χ0v) is 15.3. The maximum atomic E-state index is 12.6. The van der Waals surface area contributed by atoms with E-state index < -0.39 is 5.97 Å². The highest BCUT2D eigenvalue weighted by Gasteiger charge is 2.28. The van der Waals surface area contributed by atoms with E-state index in [2.05, 4.69) is 19.2 Å². The van der Waals surface area contributed by atoms with Crippen molar-refractivity contribution in [2.75, 3.05) is 19.5 Å². The first-order valence-corrected chi connectivity index (χ1v) is 8.67. The van der Waals surface area contributed by atoms with Crippen molar-refractivity contribution >= 4 is 17.6 Å². The first kappa shape index (κ1) is 19.1. The van der Waals surface area contributed by atoms with Gasteiger partial charge < -0.3 is 19.9 Å². The van der Waals surface area contributed by atoms with Crippen LogP contribution in [0.4, 0.5) is 5.69 Å². The van der Waals surface area contributed by atoms with E-state index in [0.717, 1.165) is 25.7 Å². The highest BCUT2D eigenvalue weighted by atomic mass is 16.5. The summed E-state index contributed by atoms with van der Waals surface area (Å²) in [5, 5.41) is 12.1. The molecule has 1 aromatic rings. The fourth-order valence-corrected chi connectivity index (χ4v) is 3.46. The van der Waals surface area contributed by atoms with Gasteiger partial charge in [0.05, 0.1) is 25.5 Å². The third-order valence-corrected chi connectivity index (χ3v) is 5.07. The summed E-state index contributed by atoms with van der Waals surface area (Å²) in [4.78, 5) is 23.9. The molecule has 2 N–H and O–H groups in total. The second kappa shape index (κ2) is 8.23. The van der Waals surface area contributed by atoms with E-state index in [9.17, 15) is 14.7 Å². The average Bonchev–Trinajstić information content (AvgIpc) is 2.60. The predicted octanol–water partition coefficient (Wildman–Crippen LogP) is 3.80. The number of carbonyl (C=O) groups is 2. The summed E-state index contributed by atoms with van der Waals surface area (Å²) in [6.45, 7) is 4.44. The molecular weight excluding hydrogens is 322 g/mol. The number of rotatable bonds is 6. The Hall–Kier alpha value is -2.24. The van der Waals surface area contributed by atoms with Crippen LogP contribution >= 0.6 is 0 Å². The number of anilines is 1. The Morgan fingerprint density at radius 1 is 1.12 bits per heavy atom. The zero-order valence-electron chi connectivity index (χ0n) is 15.3. The Labute approximate surface area is 148 Å². The van der Waals surface area contributed by atoms with Crippen molar-refractivity contribution in [2.24, 2.45) is 17.8 Å². The molecule has 1 amide bonds. The third kappa shape index (κ3) is 4.44. The highest BCUT2D eigenvalue weighted by Crippen LogP contribution is 2.38. The van der Waals surface area contributed by atoms with Gasteiger partial charge in [-0.05, 0) is 49.7 Å². The van der Waals surface area contributed by atoms with E-state index in [1.54, 1.807) is 0 Å². The van der Waals surface area contributed by atoms with Crippen LogP contribution in [0.15, 0.2) is 12.1 Å². The molecule has 0 spiro atoms. The second-order valence-electron chi connectivity index (χ2n) is 6.91. The van der Waals surface area contributed by atoms with Crippen LogP contribution in [0, 0.1) is 17.8 Å². The molecule has 6 heteroatoms. The van der Waals surface area contributed by atoms with Crippen LogP contribution in [-0.4, -0.2) is 31.2 Å². The topological polar surface area (TPSA) is 84.9 Å². The summed E-state index contributed by atoms with van der Waals surface area (Å²) >= 11 is 0. The molecule has 1 fully saturated rings. The summed E-state index contributed by atoms with van der Waals surface area (Å²) in [6.07, 6.45) is 3.80. The Morgan fingerprint density at radius 2 is 1.76 bits per heavy atom. The number of benzene rings is 1. The van der Waals surface area contributed by atoms with Crippen LogP contribution in [0.1, 0.15) is 49.9 Å². The molecule has 0 bridgehead atoms. The van der Waals surface area contributed by atoms with E-state index in [1.165, 1.54) is 26.4 Å². The van der Waals surface area contributed by atoms with Crippen molar-refractivity contribution in [3.05, 3.63) is 17.7 Å². The summed E-state index contributed by atoms with van der Waals surface area (Å²) < 4.78 is 10.5. The van der Waals surface area contributed by atoms with Gasteiger partial charge in [0.15, 0.2) is 11.5 Å². The predicted molar refractivity (Wildman–Crippen MR) is 95.4 cm³/mol. The van der Waals surface area contributed by atoms with E-state index >= 15 is 0 Å². The number of ether oxygens (including phenoxy) is 2. The lowest BCUT2D eigenvalue weighted by Crippen LogP contribution is -2.28. The SMILES string of the molecule is COc1cc(C(=O)O)cc(NC(=O)C2CCC(C(C)C)CC2)c1OC. The first-order chi connectivity index (χ1) is 11.9. The molecule has 0 aliphatic heterocycles. The van der Waals surface area contributed by atoms with Gasteiger partial charge in [-0.1, -0.05) is 13.8 Å². The quantitative estimate of drug-likeness (QED) is 0.816. The minimum atomic E-state index is -1.09. The molecule has 1 aromatic carbocycles. The van der Waals surface area contributed by atoms with Gasteiger partial charge in [0.2, 0.25) is 5.91 Å². The summed E-state index contributed by atoms with van der Waals surface area (Å²) in [5.41, 5.74) is 0.367. The molecule has 0 atom stereocenters. The number of carbonyl (C=O) groups excluding carboxylic acids is 1. The Morgan fingerprint density at radius 3 is 2.24 bits per heavy atom. The van der Waals surface area contributed by atoms with Crippen molar-refractivity contribution < 1.29 is 24.2 Å². The van der Waals surface area contributed by atoms with Crippen LogP contribution in [-0.2, 0) is 4.79 Å². The Bertz CT molecular complexity index is 633. The van der Waals surface area contributed by atoms with Crippen LogP contribution in [0.2, 0.25) is 0 Å². The van der Waals surface area contributed by atoms with Gasteiger partial charge in [-0.15, -0.1) is 0 Å². The van der Waals surface area contributed by atoms with Gasteiger partial charge in [-0.25, -0.2) is 4.79 Å². The van der Waals surface area contributed by atoms with Crippen molar-refractivity contribution in [3.63, 3.8) is 0 Å². The maximum Gasteiger partial charge on any atom is 0.335 e. The molecule has 1 aliphatic rings. The average molecular weight is 349 g/mol. The van der Waals surface area contributed by atoms with Crippen molar-refractivity contribution in [3.8, 4) is 11.5 Å². The van der Waals surface area contributed by atoms with Crippen LogP contribution < -0.4 is 14.8 Å². The highest BCUT2D eigenvalue weighted by molar-refractivity contribution is 5.97. The van der Waals surface area contributed by atoms with Gasteiger partial charge in [-0.2, -0.15) is 0 Å². The summed E-state index contributed by atoms with van der Waals surface area (Å²) in [5.74, 6) is 0.686. The number of carboxylic acids is 1. The molecule has 0 heterocycles. The van der Waals surface area contributed by atoms with Gasteiger partial charge in [0.25, 0.3) is 0 Å². The Balaban J connectivity index is 2.17. The molecule has 0 saturated heterocycles. The molecule has 6 nitrogen and oxygen atoms in total. The fourth-order valence-electron chi connectivity index (χ4n) is 3.46. The van der Waals surface area contributed by atoms with Crippen molar-refractivity contribution in [2.45, 2.75) is 39.5 Å². The molecule has 0 radical (unpaired) electrons. The molecule has 2 rings (SSSR count). The fraction of sp³-hybridized carbons (Fsp3) is 0.579. The van der Waals surface area contributed by atoms with Gasteiger partial charge >= 0.3 is 5.97 Å². The largest absolute Gasteiger partial charge is 0.493 e. The number of hydrogen-bond donors (Lipinski definition) is 2. The van der Waals surface area contributed by atoms with Crippen LogP contribution in [0.3, 0.4) is 0 Å². The molecule has 1 aliphatic carbocycles. The lowest BCUT2D eigenvalue weighted by molar-refractivity contribution is -0.121. The smallest absolute Gasteiger partial charge is 0.335 e. The number of hydrogen-bond acceptors (Lipinski definition) is 4. The van der Waals surface area contributed by atoms with E-state index in [4.69, 9.17) is 9.47 Å². The minimum absolute atomic E-state index is 0.0384. The molecule has 25 heavy (non-hydrogen) atoms. The van der Waals surface area contributed by atoms with E-state index in [1.807, 2.05) is 0 Å². The number of carboxylic acid groups (broad SMARTS) is 1. The summed E-state index contributed by atoms with van der Waals surface area (Å²) in [7, 11) is 2.89. The van der Waals surface area contributed by atoms with Crippen LogP contribution in [0.25, 0.3) is 0 Å². The first-order valence-electron chi connectivity index (χ1n) is 8.67. The van der Waals surface area contributed by atoms with Gasteiger partial charge in [0.1, 0.15) is 0 Å². The van der Waals surface area contributed by atoms with E-state index in [-0.39, 0.29) is 23.1 Å². The Kier molecular flexibility index (Phi) is 6.28. The third-order valence-electron chi connectivity index (χ3n) is 5.07. The number of aromatic carboxylic acids is 1. The molecule has 0 unspecified atom stereocenters. The molecule has 138 valence electrons. The maximum absolute atomic E-state index is 12.6. The van der Waals surface area contributed by atoms with E-state index in [0.29, 0.717) is 23.3 Å². The van der Waals surface area contributed by atoms with Gasteiger partial charge in [0, 0.05) is 5.92 Å². The number of methoxy groups -OCH3 is 2. The summed E-state index contributed by atoms with van der Waals surface area (Å²) in [6, 6.07) is 2.78. The van der Waals surface area contributed by atoms with Crippen molar-refractivity contribution in [1.82, 2.24) is 0 Å². The monoisotopic (exact) mass is 349 g/mol. The number of amides is 1. The van der Waals surface area contributed by atoms with Gasteiger partial charge in [-0.3, -0.25) is 4.79 Å². The lowest BCUT2D eigenvalue weighted by atomic mass is 9.76. The second-order valence-corrected chi connectivity index (χ2v) is 6.91. The molecule has 0 aromatic heterocycles. The lowest BCUT2D eigenvalue weighted by Gasteiger charge is -2.30. The van der Waals surface area contributed by atoms with Crippen molar-refractivity contribution in [1.29, 1.82) is 0 Å². The number of nitrogens with one attached hydrogen (secondary N) is 1. The van der Waals surface area contributed by atoms with Crippen LogP contribution in [0.5, 0.6) is 11.5 Å². The minimum Gasteiger partial charge on any atom is -0.493 e.